The Bertz CT molecular complexity index is 630. The van der Waals surface area contributed by atoms with E-state index in [-0.39, 0.29) is 0 Å². The van der Waals surface area contributed by atoms with E-state index >= 15 is 0 Å². The molecule has 4 N–H and O–H groups in total. The maximum absolute atomic E-state index is 9.84. The fourth-order valence-corrected chi connectivity index (χ4v) is 2.35. The molecule has 0 aliphatic heterocycles. The number of phenols is 1. The summed E-state index contributed by atoms with van der Waals surface area (Å²) < 4.78 is 0. The fraction of sp³-hybridized carbons (Fsp3) is 0.333. The summed E-state index contributed by atoms with van der Waals surface area (Å²) in [6.07, 6.45) is 0.819. The van der Waals surface area contributed by atoms with Crippen molar-refractivity contribution in [3.63, 3.8) is 0 Å². The number of aromatic hydroxyl groups is 1. The van der Waals surface area contributed by atoms with E-state index in [0.717, 1.165) is 34.4 Å². The summed E-state index contributed by atoms with van der Waals surface area (Å²) in [5.74, 6) is 7.12. The molecular formula is C15H20N4O. The lowest BCUT2D eigenvalue weighted by atomic mass is 10.0. The Morgan fingerprint density at radius 2 is 1.75 bits per heavy atom. The van der Waals surface area contributed by atoms with Gasteiger partial charge in [-0.15, -0.1) is 0 Å². The van der Waals surface area contributed by atoms with Gasteiger partial charge in [0.2, 0.25) is 0 Å². The van der Waals surface area contributed by atoms with Crippen molar-refractivity contribution in [3.8, 4) is 17.1 Å². The van der Waals surface area contributed by atoms with Gasteiger partial charge >= 0.3 is 0 Å². The number of nitrogens with one attached hydrogen (secondary N) is 1. The average Bonchev–Trinajstić information content (AvgIpc) is 2.43. The van der Waals surface area contributed by atoms with Gasteiger partial charge in [-0.3, -0.25) is 0 Å². The van der Waals surface area contributed by atoms with E-state index < -0.39 is 0 Å². The van der Waals surface area contributed by atoms with E-state index in [4.69, 9.17) is 5.84 Å². The molecule has 0 unspecified atom stereocenters. The fourth-order valence-electron chi connectivity index (χ4n) is 2.35. The molecule has 0 amide bonds. The van der Waals surface area contributed by atoms with Crippen LogP contribution in [0.1, 0.15) is 29.3 Å². The number of aryl methyl sites for hydroxylation is 3. The van der Waals surface area contributed by atoms with Crippen LogP contribution in [0.5, 0.6) is 5.75 Å². The van der Waals surface area contributed by atoms with Crippen molar-refractivity contribution in [1.82, 2.24) is 9.97 Å². The second kappa shape index (κ2) is 5.46. The predicted molar refractivity (Wildman–Crippen MR) is 80.5 cm³/mol. The lowest BCUT2D eigenvalue weighted by Crippen LogP contribution is -2.13. The van der Waals surface area contributed by atoms with E-state index in [1.807, 2.05) is 39.8 Å². The molecule has 0 atom stereocenters. The van der Waals surface area contributed by atoms with Crippen molar-refractivity contribution in [1.29, 1.82) is 0 Å². The molecular weight excluding hydrogens is 252 g/mol. The summed E-state index contributed by atoms with van der Waals surface area (Å²) in [5.41, 5.74) is 7.06. The van der Waals surface area contributed by atoms with Crippen molar-refractivity contribution >= 4 is 5.82 Å². The molecule has 106 valence electrons. The van der Waals surface area contributed by atoms with Gasteiger partial charge in [-0.2, -0.15) is 0 Å². The van der Waals surface area contributed by atoms with E-state index in [1.54, 1.807) is 0 Å². The van der Waals surface area contributed by atoms with Crippen LogP contribution in [0.2, 0.25) is 0 Å². The van der Waals surface area contributed by atoms with Crippen LogP contribution >= 0.6 is 0 Å². The number of nitrogens with zero attached hydrogens (tertiary/aromatic N) is 2. The largest absolute Gasteiger partial charge is 0.507 e. The zero-order valence-electron chi connectivity index (χ0n) is 12.3. The molecule has 0 aliphatic rings. The highest BCUT2D eigenvalue weighted by Gasteiger charge is 2.12. The molecule has 0 fully saturated rings. The van der Waals surface area contributed by atoms with Gasteiger partial charge in [0.15, 0.2) is 5.82 Å². The van der Waals surface area contributed by atoms with Gasteiger partial charge in [0.1, 0.15) is 11.6 Å². The molecule has 0 saturated carbocycles. The number of hydrogen-bond acceptors (Lipinski definition) is 5. The van der Waals surface area contributed by atoms with Gasteiger partial charge in [-0.05, 0) is 50.5 Å². The Balaban J connectivity index is 2.62. The second-order valence-electron chi connectivity index (χ2n) is 4.92. The predicted octanol–water partition coefficient (Wildman–Crippen LogP) is 2.62. The van der Waals surface area contributed by atoms with Crippen molar-refractivity contribution in [3.05, 3.63) is 34.5 Å². The Morgan fingerprint density at radius 3 is 2.25 bits per heavy atom. The number of hydrogen-bond donors (Lipinski definition) is 3. The molecule has 0 saturated heterocycles. The normalized spacial score (nSPS) is 10.7. The Labute approximate surface area is 118 Å². The van der Waals surface area contributed by atoms with Crippen molar-refractivity contribution < 1.29 is 5.11 Å². The molecule has 0 bridgehead atoms. The number of aromatic nitrogens is 2. The first-order chi connectivity index (χ1) is 9.47. The van der Waals surface area contributed by atoms with E-state index in [0.29, 0.717) is 17.4 Å². The van der Waals surface area contributed by atoms with Crippen LogP contribution in [0.4, 0.5) is 5.82 Å². The lowest BCUT2D eigenvalue weighted by Gasteiger charge is -2.12. The highest BCUT2D eigenvalue weighted by atomic mass is 16.3. The average molecular weight is 272 g/mol. The third kappa shape index (κ3) is 2.44. The van der Waals surface area contributed by atoms with Gasteiger partial charge in [-0.1, -0.05) is 6.92 Å². The second-order valence-corrected chi connectivity index (χ2v) is 4.92. The monoisotopic (exact) mass is 272 g/mol. The van der Waals surface area contributed by atoms with E-state index in [2.05, 4.69) is 15.4 Å². The Morgan fingerprint density at radius 1 is 1.15 bits per heavy atom. The molecule has 2 rings (SSSR count). The van der Waals surface area contributed by atoms with Gasteiger partial charge in [0.05, 0.1) is 0 Å². The van der Waals surface area contributed by atoms with Gasteiger partial charge < -0.3 is 10.5 Å². The third-order valence-electron chi connectivity index (χ3n) is 3.45. The summed E-state index contributed by atoms with van der Waals surface area (Å²) in [5, 5.41) is 9.84. The number of anilines is 1. The minimum absolute atomic E-state index is 0.313. The third-order valence-corrected chi connectivity index (χ3v) is 3.45. The molecule has 0 spiro atoms. The molecule has 5 heteroatoms. The highest BCUT2D eigenvalue weighted by molar-refractivity contribution is 5.63. The van der Waals surface area contributed by atoms with Gasteiger partial charge in [0, 0.05) is 16.8 Å². The minimum atomic E-state index is 0.313. The summed E-state index contributed by atoms with van der Waals surface area (Å²) in [6.45, 7) is 7.72. The van der Waals surface area contributed by atoms with Crippen molar-refractivity contribution in [2.45, 2.75) is 34.1 Å². The molecule has 20 heavy (non-hydrogen) atoms. The molecule has 0 aliphatic carbocycles. The van der Waals surface area contributed by atoms with E-state index in [9.17, 15) is 5.11 Å². The Kier molecular flexibility index (Phi) is 3.90. The molecule has 2 aromatic rings. The molecule has 1 heterocycles. The topological polar surface area (TPSA) is 84.1 Å². The number of nitrogens with two attached hydrogens (primary N) is 1. The van der Waals surface area contributed by atoms with Crippen LogP contribution in [-0.4, -0.2) is 15.1 Å². The maximum Gasteiger partial charge on any atom is 0.161 e. The van der Waals surface area contributed by atoms with Gasteiger partial charge in [0.25, 0.3) is 0 Å². The maximum atomic E-state index is 9.84. The molecule has 1 aromatic carbocycles. The number of benzene rings is 1. The number of hydrazine groups is 1. The van der Waals surface area contributed by atoms with Crippen molar-refractivity contribution in [2.75, 3.05) is 5.43 Å². The zero-order valence-corrected chi connectivity index (χ0v) is 12.3. The highest BCUT2D eigenvalue weighted by Crippen LogP contribution is 2.29. The molecule has 5 nitrogen and oxygen atoms in total. The summed E-state index contributed by atoms with van der Waals surface area (Å²) in [7, 11) is 0. The van der Waals surface area contributed by atoms with Crippen LogP contribution < -0.4 is 11.3 Å². The van der Waals surface area contributed by atoms with Crippen LogP contribution in [0, 0.1) is 20.8 Å². The van der Waals surface area contributed by atoms with E-state index in [1.165, 1.54) is 0 Å². The van der Waals surface area contributed by atoms with Gasteiger partial charge in [-0.25, -0.2) is 15.8 Å². The van der Waals surface area contributed by atoms with Crippen molar-refractivity contribution in [2.24, 2.45) is 5.84 Å². The summed E-state index contributed by atoms with van der Waals surface area (Å²) in [6, 6.07) is 3.76. The first kappa shape index (κ1) is 14.3. The summed E-state index contributed by atoms with van der Waals surface area (Å²) >= 11 is 0. The first-order valence-corrected chi connectivity index (χ1v) is 6.62. The Hall–Kier alpha value is -2.14. The lowest BCUT2D eigenvalue weighted by molar-refractivity contribution is 0.467. The van der Waals surface area contributed by atoms with Crippen LogP contribution in [0.25, 0.3) is 11.4 Å². The molecule has 0 radical (unpaired) electrons. The van der Waals surface area contributed by atoms with Crippen LogP contribution in [0.15, 0.2) is 12.1 Å². The first-order valence-electron chi connectivity index (χ1n) is 6.62. The van der Waals surface area contributed by atoms with Crippen LogP contribution in [-0.2, 0) is 6.42 Å². The number of phenolic OH excluding ortho intramolecular Hbond substituents is 1. The standard InChI is InChI=1S/C15H20N4O/c1-5-12-10(4)17-14(18-15(12)19-16)11-6-8(2)13(20)9(3)7-11/h6-7,20H,5,16H2,1-4H3,(H,17,18,19). The summed E-state index contributed by atoms with van der Waals surface area (Å²) in [4.78, 5) is 9.02. The van der Waals surface area contributed by atoms with Crippen LogP contribution in [0.3, 0.4) is 0 Å². The SMILES string of the molecule is CCc1c(C)nc(-c2cc(C)c(O)c(C)c2)nc1NN. The molecule has 1 aromatic heterocycles. The smallest absolute Gasteiger partial charge is 0.161 e. The zero-order chi connectivity index (χ0) is 14.9. The number of nitrogen functional groups attached to an aromatic ring is 1. The number of rotatable bonds is 3. The minimum Gasteiger partial charge on any atom is -0.507 e. The quantitative estimate of drug-likeness (QED) is 0.591.